The number of aliphatic hydroxyl groups is 1. The minimum Gasteiger partial charge on any atom is -0.457 e. The van der Waals surface area contributed by atoms with Crippen molar-refractivity contribution in [3.63, 3.8) is 0 Å². The van der Waals surface area contributed by atoms with Crippen LogP contribution in [-0.4, -0.2) is 74.2 Å². The molecule has 0 bridgehead atoms. The zero-order valence-corrected chi connectivity index (χ0v) is 25.8. The maximum Gasteiger partial charge on any atom is 0.298 e. The number of halogens is 1. The van der Waals surface area contributed by atoms with Crippen molar-refractivity contribution >= 4 is 16.0 Å². The summed E-state index contributed by atoms with van der Waals surface area (Å²) in [6.45, 7) is 11.6. The van der Waals surface area contributed by atoms with Gasteiger partial charge in [-0.3, -0.25) is 4.90 Å². The van der Waals surface area contributed by atoms with Crippen LogP contribution >= 0.6 is 0 Å². The number of hydrogen-bond acceptors (Lipinski definition) is 7. The molecule has 8 nitrogen and oxygen atoms in total. The Morgan fingerprint density at radius 3 is 2.34 bits per heavy atom. The number of rotatable bonds is 7. The third kappa shape index (κ3) is 9.11. The maximum absolute atomic E-state index is 12.9. The second-order valence-electron chi connectivity index (χ2n) is 11.3. The van der Waals surface area contributed by atoms with Crippen molar-refractivity contribution in [1.29, 1.82) is 0 Å². The number of aliphatic hydroxyl groups excluding tert-OH is 1. The van der Waals surface area contributed by atoms with Crippen LogP contribution in [0.1, 0.15) is 83.3 Å². The fourth-order valence-electron chi connectivity index (χ4n) is 5.60. The SMILES string of the molecule is CC.CC1(C)OC(N)=NS(=O)(=O)[C@H]1Cc1ccc(C2CCN(C3COC3)CC2)cc1.OCCCC1=C(F)CCC=C1. The van der Waals surface area contributed by atoms with Gasteiger partial charge in [0.1, 0.15) is 16.7 Å². The predicted molar refractivity (Wildman–Crippen MR) is 162 cm³/mol. The molecule has 3 N–H and O–H groups in total. The number of allylic oxidation sites excluding steroid dienone is 4. The first-order valence-corrected chi connectivity index (χ1v) is 16.4. The molecule has 230 valence electrons. The molecule has 1 aromatic carbocycles. The van der Waals surface area contributed by atoms with E-state index in [2.05, 4.69) is 21.4 Å². The third-order valence-electron chi connectivity index (χ3n) is 8.06. The molecule has 2 fully saturated rings. The van der Waals surface area contributed by atoms with Gasteiger partial charge in [0, 0.05) is 13.0 Å². The molecule has 10 heteroatoms. The lowest BCUT2D eigenvalue weighted by Gasteiger charge is -2.41. The van der Waals surface area contributed by atoms with Crippen LogP contribution in [0.25, 0.3) is 0 Å². The molecule has 3 aliphatic heterocycles. The number of benzene rings is 1. The molecule has 4 aliphatic rings. The normalized spacial score (nSPS) is 24.1. The van der Waals surface area contributed by atoms with Gasteiger partial charge in [-0.2, -0.15) is 0 Å². The smallest absolute Gasteiger partial charge is 0.298 e. The molecule has 0 radical (unpaired) electrons. The first-order valence-electron chi connectivity index (χ1n) is 14.9. The van der Waals surface area contributed by atoms with Gasteiger partial charge in [-0.15, -0.1) is 4.40 Å². The largest absolute Gasteiger partial charge is 0.457 e. The summed E-state index contributed by atoms with van der Waals surface area (Å²) in [6.07, 6.45) is 9.15. The van der Waals surface area contributed by atoms with Crippen LogP contribution < -0.4 is 5.73 Å². The summed E-state index contributed by atoms with van der Waals surface area (Å²) in [7, 11) is -3.70. The van der Waals surface area contributed by atoms with Crippen LogP contribution in [0.5, 0.6) is 0 Å². The molecule has 0 spiro atoms. The van der Waals surface area contributed by atoms with Crippen LogP contribution in [0.4, 0.5) is 4.39 Å². The molecule has 1 atom stereocenters. The molecule has 0 saturated carbocycles. The molecule has 2 saturated heterocycles. The Bertz CT molecular complexity index is 1170. The summed E-state index contributed by atoms with van der Waals surface area (Å²) in [5.74, 6) is 0.565. The number of amidine groups is 1. The van der Waals surface area contributed by atoms with Crippen LogP contribution in [0, 0.1) is 0 Å². The Morgan fingerprint density at radius 2 is 1.80 bits per heavy atom. The van der Waals surface area contributed by atoms with Crippen molar-refractivity contribution in [1.82, 2.24) is 4.90 Å². The number of likely N-dealkylation sites (tertiary alicyclic amines) is 1. The van der Waals surface area contributed by atoms with Crippen LogP contribution in [0.2, 0.25) is 0 Å². The molecule has 0 aromatic heterocycles. The van der Waals surface area contributed by atoms with E-state index in [1.165, 1.54) is 5.56 Å². The van der Waals surface area contributed by atoms with Gasteiger partial charge in [-0.25, -0.2) is 12.8 Å². The Balaban J connectivity index is 0.000000299. The third-order valence-corrected chi connectivity index (χ3v) is 9.95. The van der Waals surface area contributed by atoms with E-state index in [9.17, 15) is 12.8 Å². The van der Waals surface area contributed by atoms with Gasteiger partial charge in [0.25, 0.3) is 16.0 Å². The van der Waals surface area contributed by atoms with E-state index in [4.69, 9.17) is 20.3 Å². The molecule has 5 rings (SSSR count). The highest BCUT2D eigenvalue weighted by Crippen LogP contribution is 2.32. The summed E-state index contributed by atoms with van der Waals surface area (Å²) >= 11 is 0. The molecule has 0 unspecified atom stereocenters. The Hall–Kier alpha value is -2.27. The summed E-state index contributed by atoms with van der Waals surface area (Å²) in [4.78, 5) is 2.54. The van der Waals surface area contributed by atoms with Crippen molar-refractivity contribution in [3.05, 3.63) is 58.9 Å². The van der Waals surface area contributed by atoms with Crippen molar-refractivity contribution in [2.24, 2.45) is 10.1 Å². The Morgan fingerprint density at radius 1 is 1.15 bits per heavy atom. The highest BCUT2D eigenvalue weighted by atomic mass is 32.2. The van der Waals surface area contributed by atoms with Crippen molar-refractivity contribution < 1.29 is 27.4 Å². The van der Waals surface area contributed by atoms with Crippen molar-refractivity contribution in [2.75, 3.05) is 32.9 Å². The zero-order chi connectivity index (χ0) is 30.0. The second-order valence-corrected chi connectivity index (χ2v) is 13.1. The number of hydrogen-bond donors (Lipinski definition) is 2. The average Bonchev–Trinajstić information content (AvgIpc) is 2.91. The topological polar surface area (TPSA) is 114 Å². The van der Waals surface area contributed by atoms with Crippen molar-refractivity contribution in [2.45, 2.75) is 95.5 Å². The summed E-state index contributed by atoms with van der Waals surface area (Å²) in [5, 5.41) is 7.76. The standard InChI is InChI=1S/C20H29N3O4S.C9H13FO.C2H6/c1-20(2)18(28(24,25)22-19(21)27-20)11-14-3-5-15(6-4-14)16-7-9-23(10-8-16)17-12-26-13-17;10-9-6-2-1-4-8(9)5-3-7-11;1-2/h3-6,16-18H,7-13H2,1-2H3,(H2,21,22);1,4,11H,2-3,5-7H2;1-2H3/t18-;;/m0../s1. The molecule has 3 heterocycles. The highest BCUT2D eigenvalue weighted by Gasteiger charge is 2.45. The zero-order valence-electron chi connectivity index (χ0n) is 25.0. The quantitative estimate of drug-likeness (QED) is 0.458. The van der Waals surface area contributed by atoms with Gasteiger partial charge in [-0.05, 0) is 88.1 Å². The summed E-state index contributed by atoms with van der Waals surface area (Å²) in [5.41, 5.74) is 7.67. The van der Waals surface area contributed by atoms with Gasteiger partial charge in [0.2, 0.25) is 0 Å². The fraction of sp³-hybridized carbons (Fsp3) is 0.645. The van der Waals surface area contributed by atoms with Crippen molar-refractivity contribution in [3.8, 4) is 0 Å². The predicted octanol–water partition coefficient (Wildman–Crippen LogP) is 4.99. The van der Waals surface area contributed by atoms with Gasteiger partial charge >= 0.3 is 0 Å². The summed E-state index contributed by atoms with van der Waals surface area (Å²) in [6, 6.07) is 8.69. The minimum absolute atomic E-state index is 0.000880. The second kappa shape index (κ2) is 15.3. The molecule has 0 amide bonds. The van der Waals surface area contributed by atoms with Crippen LogP contribution in [-0.2, 0) is 25.9 Å². The fourth-order valence-corrected chi connectivity index (χ4v) is 7.18. The average molecular weight is 594 g/mol. The first-order chi connectivity index (χ1) is 19.6. The van der Waals surface area contributed by atoms with E-state index in [0.29, 0.717) is 37.6 Å². The van der Waals surface area contributed by atoms with E-state index in [-0.39, 0.29) is 18.5 Å². The van der Waals surface area contributed by atoms with E-state index in [1.54, 1.807) is 13.8 Å². The van der Waals surface area contributed by atoms with Gasteiger partial charge in [0.15, 0.2) is 0 Å². The van der Waals surface area contributed by atoms with Crippen LogP contribution in [0.15, 0.2) is 52.2 Å². The van der Waals surface area contributed by atoms with E-state index in [0.717, 1.165) is 56.7 Å². The molecular formula is C31H48FN3O5S. The Labute approximate surface area is 245 Å². The van der Waals surface area contributed by atoms with E-state index < -0.39 is 20.9 Å². The molecule has 1 aliphatic carbocycles. The first kappa shape index (κ1) is 33.2. The minimum atomic E-state index is -3.70. The number of ether oxygens (including phenoxy) is 2. The number of nitrogens with two attached hydrogens (primary N) is 1. The van der Waals surface area contributed by atoms with E-state index in [1.807, 2.05) is 38.1 Å². The lowest BCUT2D eigenvalue weighted by atomic mass is 9.87. The monoisotopic (exact) mass is 593 g/mol. The number of sulfonamides is 1. The van der Waals surface area contributed by atoms with Crippen LogP contribution in [0.3, 0.4) is 0 Å². The molecular weight excluding hydrogens is 545 g/mol. The van der Waals surface area contributed by atoms with E-state index >= 15 is 0 Å². The Kier molecular flexibility index (Phi) is 12.4. The highest BCUT2D eigenvalue weighted by molar-refractivity contribution is 7.91. The van der Waals surface area contributed by atoms with Gasteiger partial charge < -0.3 is 20.3 Å². The van der Waals surface area contributed by atoms with Gasteiger partial charge in [-0.1, -0.05) is 50.3 Å². The number of nitrogens with zero attached hydrogens (tertiary/aromatic N) is 2. The van der Waals surface area contributed by atoms with Gasteiger partial charge in [0.05, 0.1) is 19.3 Å². The number of piperidine rings is 1. The lowest BCUT2D eigenvalue weighted by molar-refractivity contribution is -0.0712. The lowest BCUT2D eigenvalue weighted by Crippen LogP contribution is -2.51. The summed E-state index contributed by atoms with van der Waals surface area (Å²) < 4.78 is 52.2. The molecule has 1 aromatic rings. The maximum atomic E-state index is 12.9. The molecule has 41 heavy (non-hydrogen) atoms.